The first-order chi connectivity index (χ1) is 8.41. The minimum absolute atomic E-state index is 0.515. The second-order valence-corrected chi connectivity index (χ2v) is 5.64. The molecule has 0 radical (unpaired) electrons. The number of hydrogen-bond donors (Lipinski definition) is 1. The Bertz CT molecular complexity index is 367. The van der Waals surface area contributed by atoms with Gasteiger partial charge in [0, 0.05) is 17.6 Å². The standard InChI is InChI=1S/C15H24ClNO/c1-10(2)13(5)17-6-7-18-15-11(3)8-14(16)9-12(15)4/h8-10,13,17H,6-7H2,1-5H3. The van der Waals surface area contributed by atoms with Gasteiger partial charge in [-0.15, -0.1) is 0 Å². The zero-order valence-corrected chi connectivity index (χ0v) is 12.8. The molecule has 3 heteroatoms. The maximum Gasteiger partial charge on any atom is 0.125 e. The van der Waals surface area contributed by atoms with E-state index >= 15 is 0 Å². The van der Waals surface area contributed by atoms with E-state index in [2.05, 4.69) is 26.1 Å². The molecule has 1 N–H and O–H groups in total. The highest BCUT2D eigenvalue weighted by atomic mass is 35.5. The van der Waals surface area contributed by atoms with E-state index in [-0.39, 0.29) is 0 Å². The molecule has 0 fully saturated rings. The predicted octanol–water partition coefficient (Wildman–Crippen LogP) is 3.97. The van der Waals surface area contributed by atoms with Crippen LogP contribution in [0.25, 0.3) is 0 Å². The predicted molar refractivity (Wildman–Crippen MR) is 78.7 cm³/mol. The van der Waals surface area contributed by atoms with E-state index in [9.17, 15) is 0 Å². The molecule has 0 spiro atoms. The van der Waals surface area contributed by atoms with Gasteiger partial charge in [0.15, 0.2) is 0 Å². The maximum atomic E-state index is 5.99. The van der Waals surface area contributed by atoms with Crippen molar-refractivity contribution in [3.63, 3.8) is 0 Å². The minimum atomic E-state index is 0.515. The fraction of sp³-hybridized carbons (Fsp3) is 0.600. The van der Waals surface area contributed by atoms with Crippen LogP contribution in [-0.2, 0) is 0 Å². The maximum absolute atomic E-state index is 5.99. The normalized spacial score (nSPS) is 12.8. The van der Waals surface area contributed by atoms with Crippen LogP contribution in [0.15, 0.2) is 12.1 Å². The summed E-state index contributed by atoms with van der Waals surface area (Å²) in [5, 5.41) is 4.22. The SMILES string of the molecule is Cc1cc(Cl)cc(C)c1OCCNC(C)C(C)C. The van der Waals surface area contributed by atoms with Gasteiger partial charge in [-0.25, -0.2) is 0 Å². The summed E-state index contributed by atoms with van der Waals surface area (Å²) in [4.78, 5) is 0. The van der Waals surface area contributed by atoms with Crippen LogP contribution in [0.5, 0.6) is 5.75 Å². The lowest BCUT2D eigenvalue weighted by atomic mass is 10.1. The summed E-state index contributed by atoms with van der Waals surface area (Å²) in [7, 11) is 0. The minimum Gasteiger partial charge on any atom is -0.492 e. The molecular formula is C15H24ClNO. The zero-order chi connectivity index (χ0) is 13.7. The molecule has 0 amide bonds. The summed E-state index contributed by atoms with van der Waals surface area (Å²) in [6.45, 7) is 12.2. The van der Waals surface area contributed by atoms with E-state index in [1.54, 1.807) is 0 Å². The number of aryl methyl sites for hydroxylation is 2. The van der Waals surface area contributed by atoms with Gasteiger partial charge in [0.1, 0.15) is 12.4 Å². The third kappa shape index (κ3) is 4.51. The number of rotatable bonds is 6. The highest BCUT2D eigenvalue weighted by Crippen LogP contribution is 2.26. The van der Waals surface area contributed by atoms with E-state index in [1.807, 2.05) is 26.0 Å². The van der Waals surface area contributed by atoms with E-state index in [4.69, 9.17) is 16.3 Å². The van der Waals surface area contributed by atoms with Crippen LogP contribution in [-0.4, -0.2) is 19.2 Å². The molecule has 1 rings (SSSR count). The molecule has 1 atom stereocenters. The average Bonchev–Trinajstić information content (AvgIpc) is 2.26. The fourth-order valence-corrected chi connectivity index (χ4v) is 2.13. The van der Waals surface area contributed by atoms with Crippen molar-refractivity contribution in [2.45, 2.75) is 40.7 Å². The lowest BCUT2D eigenvalue weighted by Gasteiger charge is -2.18. The van der Waals surface area contributed by atoms with Gasteiger partial charge in [-0.3, -0.25) is 0 Å². The summed E-state index contributed by atoms with van der Waals surface area (Å²) < 4.78 is 5.83. The van der Waals surface area contributed by atoms with Crippen LogP contribution < -0.4 is 10.1 Å². The third-order valence-corrected chi connectivity index (χ3v) is 3.46. The fourth-order valence-electron chi connectivity index (χ4n) is 1.80. The van der Waals surface area contributed by atoms with Gasteiger partial charge in [-0.05, 0) is 49.9 Å². The van der Waals surface area contributed by atoms with Crippen LogP contribution in [0.4, 0.5) is 0 Å². The van der Waals surface area contributed by atoms with Crippen molar-refractivity contribution in [3.05, 3.63) is 28.3 Å². The van der Waals surface area contributed by atoms with E-state index in [0.29, 0.717) is 18.6 Å². The Balaban J connectivity index is 2.45. The van der Waals surface area contributed by atoms with Crippen LogP contribution in [0.3, 0.4) is 0 Å². The molecule has 102 valence electrons. The molecule has 0 aromatic heterocycles. The molecule has 0 heterocycles. The molecule has 1 aromatic carbocycles. The highest BCUT2D eigenvalue weighted by Gasteiger charge is 2.07. The topological polar surface area (TPSA) is 21.3 Å². The first-order valence-corrected chi connectivity index (χ1v) is 6.92. The first-order valence-electron chi connectivity index (χ1n) is 6.54. The Hall–Kier alpha value is -0.730. The molecule has 0 aliphatic carbocycles. The summed E-state index contributed by atoms with van der Waals surface area (Å²) in [5.41, 5.74) is 2.19. The molecule has 18 heavy (non-hydrogen) atoms. The molecule has 0 aliphatic rings. The summed E-state index contributed by atoms with van der Waals surface area (Å²) in [5.74, 6) is 1.60. The third-order valence-electron chi connectivity index (χ3n) is 3.24. The van der Waals surface area contributed by atoms with Crippen molar-refractivity contribution >= 4 is 11.6 Å². The molecule has 0 saturated heterocycles. The number of nitrogens with one attached hydrogen (secondary N) is 1. The van der Waals surface area contributed by atoms with Gasteiger partial charge >= 0.3 is 0 Å². The number of hydrogen-bond acceptors (Lipinski definition) is 2. The van der Waals surface area contributed by atoms with Gasteiger partial charge < -0.3 is 10.1 Å². The summed E-state index contributed by atoms with van der Waals surface area (Å²) >= 11 is 5.99. The van der Waals surface area contributed by atoms with Crippen LogP contribution >= 0.6 is 11.6 Å². The van der Waals surface area contributed by atoms with Crippen LogP contribution in [0.2, 0.25) is 5.02 Å². The molecule has 0 saturated carbocycles. The largest absolute Gasteiger partial charge is 0.492 e. The zero-order valence-electron chi connectivity index (χ0n) is 12.0. The number of benzene rings is 1. The Morgan fingerprint density at radius 2 is 1.72 bits per heavy atom. The van der Waals surface area contributed by atoms with Gasteiger partial charge in [0.05, 0.1) is 0 Å². The lowest BCUT2D eigenvalue weighted by Crippen LogP contribution is -2.34. The van der Waals surface area contributed by atoms with Crippen LogP contribution in [0, 0.1) is 19.8 Å². The lowest BCUT2D eigenvalue weighted by molar-refractivity contribution is 0.293. The first kappa shape index (κ1) is 15.3. The second kappa shape index (κ2) is 7.01. The molecule has 1 aromatic rings. The summed E-state index contributed by atoms with van der Waals surface area (Å²) in [6, 6.07) is 4.39. The van der Waals surface area contributed by atoms with E-state index < -0.39 is 0 Å². The van der Waals surface area contributed by atoms with Gasteiger partial charge in [-0.2, -0.15) is 0 Å². The Morgan fingerprint density at radius 3 is 2.22 bits per heavy atom. The quantitative estimate of drug-likeness (QED) is 0.789. The molecule has 1 unspecified atom stereocenters. The van der Waals surface area contributed by atoms with Crippen LogP contribution in [0.1, 0.15) is 31.9 Å². The highest BCUT2D eigenvalue weighted by molar-refractivity contribution is 6.30. The van der Waals surface area contributed by atoms with Crippen molar-refractivity contribution < 1.29 is 4.74 Å². The van der Waals surface area contributed by atoms with Crippen molar-refractivity contribution in [3.8, 4) is 5.75 Å². The summed E-state index contributed by atoms with van der Waals surface area (Å²) in [6.07, 6.45) is 0. The number of ether oxygens (including phenoxy) is 1. The Labute approximate surface area is 116 Å². The average molecular weight is 270 g/mol. The van der Waals surface area contributed by atoms with E-state index in [0.717, 1.165) is 28.4 Å². The monoisotopic (exact) mass is 269 g/mol. The second-order valence-electron chi connectivity index (χ2n) is 5.20. The van der Waals surface area contributed by atoms with Gasteiger partial charge in [0.25, 0.3) is 0 Å². The van der Waals surface area contributed by atoms with E-state index in [1.165, 1.54) is 0 Å². The molecule has 0 bridgehead atoms. The smallest absolute Gasteiger partial charge is 0.125 e. The Morgan fingerprint density at radius 1 is 1.17 bits per heavy atom. The Kier molecular flexibility index (Phi) is 5.97. The molecule has 0 aliphatic heterocycles. The van der Waals surface area contributed by atoms with Gasteiger partial charge in [0.2, 0.25) is 0 Å². The van der Waals surface area contributed by atoms with Crippen molar-refractivity contribution in [1.29, 1.82) is 0 Å². The van der Waals surface area contributed by atoms with Crippen molar-refractivity contribution in [2.24, 2.45) is 5.92 Å². The van der Waals surface area contributed by atoms with Crippen molar-refractivity contribution in [2.75, 3.05) is 13.2 Å². The van der Waals surface area contributed by atoms with Gasteiger partial charge in [-0.1, -0.05) is 25.4 Å². The number of halogens is 1. The molecular weight excluding hydrogens is 246 g/mol. The molecule has 2 nitrogen and oxygen atoms in total. The van der Waals surface area contributed by atoms with Crippen molar-refractivity contribution in [1.82, 2.24) is 5.32 Å².